The first-order valence-corrected chi connectivity index (χ1v) is 6.88. The fourth-order valence-corrected chi connectivity index (χ4v) is 2.54. The summed E-state index contributed by atoms with van der Waals surface area (Å²) in [6, 6.07) is 6.87. The number of nitrogens with one attached hydrogen (secondary N) is 1. The van der Waals surface area contributed by atoms with Gasteiger partial charge in [-0.1, -0.05) is 11.6 Å². The van der Waals surface area contributed by atoms with Gasteiger partial charge in [-0.05, 0) is 52.9 Å². The standard InChI is InChI=1S/C13H9ClFIN2O2/c14-9-5-7(17)4-8(13(19)20)12(9)18-11-2-1-6(15)3-10(11)16/h1-5,18H,17H2,(H,19,20). The Morgan fingerprint density at radius 3 is 2.65 bits per heavy atom. The maximum atomic E-state index is 13.1. The number of carbonyl (C=O) groups is 1. The van der Waals surface area contributed by atoms with Crippen molar-refractivity contribution in [3.05, 3.63) is 50.3 Å². The molecule has 7 heteroatoms. The summed E-state index contributed by atoms with van der Waals surface area (Å²) in [5.41, 5.74) is 6.57. The molecular weight excluding hydrogens is 398 g/mol. The Morgan fingerprint density at radius 1 is 1.35 bits per heavy atom. The van der Waals surface area contributed by atoms with E-state index in [0.29, 0.717) is 9.26 Å². The second-order valence-electron chi connectivity index (χ2n) is 3.98. The van der Waals surface area contributed by atoms with Crippen LogP contribution in [0.4, 0.5) is 21.5 Å². The minimum absolute atomic E-state index is 0.0462. The number of carboxylic acid groups (broad SMARTS) is 1. The van der Waals surface area contributed by atoms with E-state index in [2.05, 4.69) is 5.32 Å². The van der Waals surface area contributed by atoms with Gasteiger partial charge in [0.25, 0.3) is 0 Å². The molecule has 2 aromatic carbocycles. The van der Waals surface area contributed by atoms with Crippen LogP contribution in [0.25, 0.3) is 0 Å². The molecule has 0 aliphatic carbocycles. The fraction of sp³-hybridized carbons (Fsp3) is 0. The van der Waals surface area contributed by atoms with Gasteiger partial charge in [0.2, 0.25) is 0 Å². The fourth-order valence-electron chi connectivity index (χ4n) is 1.65. The zero-order valence-corrected chi connectivity index (χ0v) is 12.9. The third-order valence-electron chi connectivity index (χ3n) is 2.53. The lowest BCUT2D eigenvalue weighted by Gasteiger charge is -2.14. The van der Waals surface area contributed by atoms with Crippen molar-refractivity contribution in [2.24, 2.45) is 0 Å². The van der Waals surface area contributed by atoms with E-state index in [1.165, 1.54) is 30.3 Å². The van der Waals surface area contributed by atoms with Crippen LogP contribution in [0.2, 0.25) is 5.02 Å². The van der Waals surface area contributed by atoms with Crippen molar-refractivity contribution in [2.45, 2.75) is 0 Å². The van der Waals surface area contributed by atoms with Gasteiger partial charge in [0.15, 0.2) is 0 Å². The molecule has 20 heavy (non-hydrogen) atoms. The summed E-state index contributed by atoms with van der Waals surface area (Å²) in [5, 5.41) is 12.3. The number of benzene rings is 2. The summed E-state index contributed by atoms with van der Waals surface area (Å²) in [6.07, 6.45) is 0. The van der Waals surface area contributed by atoms with Crippen molar-refractivity contribution in [1.29, 1.82) is 0 Å². The number of carboxylic acids is 1. The van der Waals surface area contributed by atoms with Crippen LogP contribution in [-0.4, -0.2) is 11.1 Å². The topological polar surface area (TPSA) is 75.3 Å². The Kier molecular flexibility index (Phi) is 4.34. The molecule has 0 saturated heterocycles. The zero-order chi connectivity index (χ0) is 14.9. The van der Waals surface area contributed by atoms with Gasteiger partial charge in [0.05, 0.1) is 22.0 Å². The highest BCUT2D eigenvalue weighted by atomic mass is 127. The summed E-state index contributed by atoms with van der Waals surface area (Å²) in [6.45, 7) is 0. The van der Waals surface area contributed by atoms with E-state index in [1.54, 1.807) is 0 Å². The molecule has 2 aromatic rings. The van der Waals surface area contributed by atoms with Gasteiger partial charge < -0.3 is 16.2 Å². The predicted molar refractivity (Wildman–Crippen MR) is 85.2 cm³/mol. The van der Waals surface area contributed by atoms with Gasteiger partial charge in [-0.3, -0.25) is 0 Å². The highest BCUT2D eigenvalue weighted by Crippen LogP contribution is 2.33. The molecule has 0 atom stereocenters. The lowest BCUT2D eigenvalue weighted by Crippen LogP contribution is -2.05. The Bertz CT molecular complexity index is 694. The molecule has 0 spiro atoms. The third-order valence-corrected chi connectivity index (χ3v) is 3.72. The van der Waals surface area contributed by atoms with Crippen molar-refractivity contribution in [3.63, 3.8) is 0 Å². The summed E-state index contributed by atoms with van der Waals surface area (Å²) in [4.78, 5) is 11.2. The highest BCUT2D eigenvalue weighted by Gasteiger charge is 2.16. The molecule has 0 fully saturated rings. The Labute approximate surface area is 132 Å². The minimum Gasteiger partial charge on any atom is -0.478 e. The van der Waals surface area contributed by atoms with E-state index in [9.17, 15) is 14.3 Å². The highest BCUT2D eigenvalue weighted by molar-refractivity contribution is 14.1. The van der Waals surface area contributed by atoms with Crippen molar-refractivity contribution in [3.8, 4) is 0 Å². The summed E-state index contributed by atoms with van der Waals surface area (Å²) >= 11 is 7.97. The van der Waals surface area contributed by atoms with Crippen LogP contribution in [0.15, 0.2) is 30.3 Å². The molecule has 0 unspecified atom stereocenters. The molecule has 0 radical (unpaired) electrons. The molecule has 4 nitrogen and oxygen atoms in total. The Hall–Kier alpha value is -1.54. The molecule has 0 saturated carbocycles. The molecule has 0 heterocycles. The Morgan fingerprint density at radius 2 is 2.05 bits per heavy atom. The molecule has 0 aliphatic heterocycles. The van der Waals surface area contributed by atoms with Gasteiger partial charge in [-0.2, -0.15) is 0 Å². The molecule has 104 valence electrons. The molecule has 0 amide bonds. The van der Waals surface area contributed by atoms with E-state index in [1.807, 2.05) is 22.6 Å². The number of hydrogen-bond acceptors (Lipinski definition) is 3. The summed E-state index contributed by atoms with van der Waals surface area (Å²) in [5.74, 6) is -1.53. The molecule has 4 N–H and O–H groups in total. The Balaban J connectivity index is 2.50. The smallest absolute Gasteiger partial charge is 0.337 e. The molecule has 0 aromatic heterocycles. The first kappa shape index (κ1) is 14.9. The summed E-state index contributed by atoms with van der Waals surface area (Å²) < 4.78 is 13.7. The largest absolute Gasteiger partial charge is 0.478 e. The number of anilines is 3. The maximum absolute atomic E-state index is 13.1. The molecule has 0 aliphatic rings. The van der Waals surface area contributed by atoms with E-state index in [0.717, 1.165) is 0 Å². The second-order valence-corrected chi connectivity index (χ2v) is 5.55. The van der Waals surface area contributed by atoms with Gasteiger partial charge >= 0.3 is 5.97 Å². The first-order valence-electron chi connectivity index (χ1n) is 5.43. The van der Waals surface area contributed by atoms with Gasteiger partial charge in [-0.25, -0.2) is 9.18 Å². The first-order chi connectivity index (χ1) is 9.38. The van der Waals surface area contributed by atoms with E-state index < -0.39 is 5.97 Å². The van der Waals surface area contributed by atoms with Crippen LogP contribution >= 0.6 is 34.2 Å². The zero-order valence-electron chi connectivity index (χ0n) is 9.95. The van der Waals surface area contributed by atoms with Crippen molar-refractivity contribution >= 4 is 57.2 Å². The average Bonchev–Trinajstić information content (AvgIpc) is 2.34. The van der Waals surface area contributed by atoms with Gasteiger partial charge in [0, 0.05) is 9.26 Å². The second kappa shape index (κ2) is 5.84. The number of hydrogen-bond donors (Lipinski definition) is 3. The van der Waals surface area contributed by atoms with Crippen LogP contribution in [0, 0.1) is 9.39 Å². The minimum atomic E-state index is -1.15. The van der Waals surface area contributed by atoms with Crippen molar-refractivity contribution in [2.75, 3.05) is 11.1 Å². The maximum Gasteiger partial charge on any atom is 0.337 e. The quantitative estimate of drug-likeness (QED) is 0.530. The summed E-state index contributed by atoms with van der Waals surface area (Å²) in [7, 11) is 0. The normalized spacial score (nSPS) is 10.3. The number of nitrogen functional groups attached to an aromatic ring is 1. The van der Waals surface area contributed by atoms with Crippen LogP contribution in [0.5, 0.6) is 0 Å². The number of nitrogens with two attached hydrogens (primary N) is 1. The number of halogens is 3. The van der Waals surface area contributed by atoms with Crippen LogP contribution < -0.4 is 11.1 Å². The third kappa shape index (κ3) is 3.13. The average molecular weight is 407 g/mol. The van der Waals surface area contributed by atoms with Crippen LogP contribution in [0.3, 0.4) is 0 Å². The van der Waals surface area contributed by atoms with E-state index >= 15 is 0 Å². The molecule has 0 bridgehead atoms. The van der Waals surface area contributed by atoms with Crippen LogP contribution in [0.1, 0.15) is 10.4 Å². The number of aromatic carboxylic acids is 1. The van der Waals surface area contributed by atoms with Crippen molar-refractivity contribution < 1.29 is 14.3 Å². The monoisotopic (exact) mass is 406 g/mol. The van der Waals surface area contributed by atoms with Crippen molar-refractivity contribution in [1.82, 2.24) is 0 Å². The lowest BCUT2D eigenvalue weighted by atomic mass is 10.1. The lowest BCUT2D eigenvalue weighted by molar-refractivity contribution is 0.0698. The van der Waals surface area contributed by atoms with Crippen LogP contribution in [-0.2, 0) is 0 Å². The van der Waals surface area contributed by atoms with Gasteiger partial charge in [-0.15, -0.1) is 0 Å². The number of rotatable bonds is 3. The van der Waals surface area contributed by atoms with E-state index in [4.69, 9.17) is 17.3 Å². The molecule has 2 rings (SSSR count). The van der Waals surface area contributed by atoms with Gasteiger partial charge in [0.1, 0.15) is 5.82 Å². The predicted octanol–water partition coefficient (Wildman–Crippen LogP) is 4.11. The molecular formula is C13H9ClFIN2O2. The van der Waals surface area contributed by atoms with E-state index in [-0.39, 0.29) is 27.8 Å². The SMILES string of the molecule is Nc1cc(Cl)c(Nc2ccc(F)cc2I)c(C(=O)O)c1.